The first-order valence-corrected chi connectivity index (χ1v) is 3.54. The van der Waals surface area contributed by atoms with Crippen molar-refractivity contribution in [2.75, 3.05) is 6.54 Å². The van der Waals surface area contributed by atoms with Crippen molar-refractivity contribution in [2.45, 2.75) is 26.4 Å². The lowest BCUT2D eigenvalue weighted by molar-refractivity contribution is -0.215. The molecule has 0 unspecified atom stereocenters. The van der Waals surface area contributed by atoms with E-state index in [2.05, 4.69) is 0 Å². The maximum absolute atomic E-state index is 10.4. The van der Waals surface area contributed by atoms with Gasteiger partial charge in [-0.2, -0.15) is 0 Å². The predicted molar refractivity (Wildman–Crippen MR) is 42.8 cm³/mol. The molecule has 0 aromatic rings. The Labute approximate surface area is 71.4 Å². The first-order valence-electron chi connectivity index (χ1n) is 3.54. The Kier molecular flexibility index (Phi) is 3.69. The van der Waals surface area contributed by atoms with Crippen LogP contribution in [0.3, 0.4) is 0 Å². The minimum Gasteiger partial charge on any atom is -0.368 e. The second-order valence-electron chi connectivity index (χ2n) is 3.35. The van der Waals surface area contributed by atoms with Crippen LogP contribution in [0, 0.1) is 0 Å². The average molecular weight is 174 g/mol. The van der Waals surface area contributed by atoms with E-state index in [9.17, 15) is 9.59 Å². The van der Waals surface area contributed by atoms with Gasteiger partial charge in [0.15, 0.2) is 0 Å². The fraction of sp³-hybridized carbons (Fsp3) is 0.714. The van der Waals surface area contributed by atoms with Crippen LogP contribution < -0.4 is 5.73 Å². The van der Waals surface area contributed by atoms with Crippen molar-refractivity contribution in [3.8, 4) is 0 Å². The number of amides is 2. The Morgan fingerprint density at radius 3 is 2.33 bits per heavy atom. The molecule has 0 atom stereocenters. The van der Waals surface area contributed by atoms with E-state index >= 15 is 0 Å². The fourth-order valence-electron chi connectivity index (χ4n) is 0.596. The maximum Gasteiger partial charge on any atom is 0.239 e. The molecule has 0 radical (unpaired) electrons. The van der Waals surface area contributed by atoms with Crippen LogP contribution in [0.1, 0.15) is 20.8 Å². The van der Waals surface area contributed by atoms with E-state index in [0.29, 0.717) is 6.41 Å². The predicted octanol–water partition coefficient (Wildman–Crippen LogP) is -0.340. The molecule has 0 aliphatic heterocycles. The summed E-state index contributed by atoms with van der Waals surface area (Å²) in [5, 5.41) is 0.877. The molecule has 70 valence electrons. The van der Waals surface area contributed by atoms with Crippen LogP contribution in [0.4, 0.5) is 0 Å². The van der Waals surface area contributed by atoms with E-state index in [1.165, 1.54) is 0 Å². The van der Waals surface area contributed by atoms with Crippen molar-refractivity contribution in [3.05, 3.63) is 0 Å². The molecule has 0 aliphatic carbocycles. The van der Waals surface area contributed by atoms with Crippen molar-refractivity contribution in [2.24, 2.45) is 5.73 Å². The molecule has 0 aromatic carbocycles. The topological polar surface area (TPSA) is 72.6 Å². The van der Waals surface area contributed by atoms with Crippen molar-refractivity contribution < 1.29 is 14.4 Å². The van der Waals surface area contributed by atoms with Gasteiger partial charge in [-0.05, 0) is 20.8 Å². The van der Waals surface area contributed by atoms with Crippen LogP contribution in [-0.2, 0) is 14.4 Å². The first kappa shape index (κ1) is 10.9. The zero-order valence-electron chi connectivity index (χ0n) is 7.53. The van der Waals surface area contributed by atoms with E-state index < -0.39 is 11.5 Å². The smallest absolute Gasteiger partial charge is 0.239 e. The molecule has 2 N–H and O–H groups in total. The molecule has 0 aromatic heterocycles. The summed E-state index contributed by atoms with van der Waals surface area (Å²) >= 11 is 0. The minimum absolute atomic E-state index is 0.221. The highest BCUT2D eigenvalue weighted by Crippen LogP contribution is 2.08. The van der Waals surface area contributed by atoms with Gasteiger partial charge in [-0.15, -0.1) is 0 Å². The van der Waals surface area contributed by atoms with Gasteiger partial charge in [-0.1, -0.05) is 0 Å². The lowest BCUT2D eigenvalue weighted by atomic mass is 10.2. The third kappa shape index (κ3) is 5.67. The van der Waals surface area contributed by atoms with Gasteiger partial charge >= 0.3 is 0 Å². The SMILES string of the molecule is CC(C)(C)ON(C=O)CC(N)=O. The molecule has 2 amide bonds. The van der Waals surface area contributed by atoms with Crippen LogP contribution in [0.5, 0.6) is 0 Å². The summed E-state index contributed by atoms with van der Waals surface area (Å²) in [4.78, 5) is 25.8. The molecular formula is C7H14N2O3. The number of nitrogens with zero attached hydrogens (tertiary/aromatic N) is 1. The maximum atomic E-state index is 10.4. The van der Waals surface area contributed by atoms with E-state index in [4.69, 9.17) is 10.6 Å². The largest absolute Gasteiger partial charge is 0.368 e. The Morgan fingerprint density at radius 2 is 2.08 bits per heavy atom. The summed E-state index contributed by atoms with van der Waals surface area (Å²) in [6.45, 7) is 5.08. The summed E-state index contributed by atoms with van der Waals surface area (Å²) in [5.74, 6) is -0.605. The number of rotatable bonds is 4. The van der Waals surface area contributed by atoms with Gasteiger partial charge in [-0.25, -0.2) is 5.06 Å². The molecule has 0 aliphatic rings. The van der Waals surface area contributed by atoms with Crippen molar-refractivity contribution in [1.82, 2.24) is 5.06 Å². The Morgan fingerprint density at radius 1 is 1.58 bits per heavy atom. The number of primary amides is 1. The molecule has 0 rings (SSSR count). The quantitative estimate of drug-likeness (QED) is 0.468. The van der Waals surface area contributed by atoms with E-state index in [-0.39, 0.29) is 6.54 Å². The highest BCUT2D eigenvalue weighted by atomic mass is 16.7. The van der Waals surface area contributed by atoms with Gasteiger partial charge < -0.3 is 5.73 Å². The second kappa shape index (κ2) is 4.06. The number of nitrogens with two attached hydrogens (primary N) is 1. The molecule has 0 heterocycles. The molecule has 12 heavy (non-hydrogen) atoms. The summed E-state index contributed by atoms with van der Waals surface area (Å²) in [5.41, 5.74) is 4.36. The Hall–Kier alpha value is -1.10. The van der Waals surface area contributed by atoms with E-state index in [0.717, 1.165) is 5.06 Å². The molecule has 0 bridgehead atoms. The third-order valence-corrected chi connectivity index (χ3v) is 0.820. The van der Waals surface area contributed by atoms with Gasteiger partial charge in [0.1, 0.15) is 6.54 Å². The zero-order chi connectivity index (χ0) is 9.78. The van der Waals surface area contributed by atoms with Crippen LogP contribution in [0.25, 0.3) is 0 Å². The van der Waals surface area contributed by atoms with E-state index in [1.807, 2.05) is 0 Å². The third-order valence-electron chi connectivity index (χ3n) is 0.820. The molecule has 5 nitrogen and oxygen atoms in total. The summed E-state index contributed by atoms with van der Waals surface area (Å²) in [6, 6.07) is 0. The van der Waals surface area contributed by atoms with Gasteiger partial charge in [-0.3, -0.25) is 14.4 Å². The number of hydrogen-bond acceptors (Lipinski definition) is 3. The molecular weight excluding hydrogens is 160 g/mol. The van der Waals surface area contributed by atoms with Gasteiger partial charge in [0.2, 0.25) is 12.3 Å². The van der Waals surface area contributed by atoms with Crippen LogP contribution in [0.2, 0.25) is 0 Å². The molecule has 0 saturated heterocycles. The van der Waals surface area contributed by atoms with Crippen molar-refractivity contribution in [1.29, 1.82) is 0 Å². The molecule has 0 saturated carbocycles. The summed E-state index contributed by atoms with van der Waals surface area (Å²) < 4.78 is 0. The standard InChI is InChI=1S/C7H14N2O3/c1-7(2,3)12-9(5-10)4-6(8)11/h5H,4H2,1-3H3,(H2,8,11). The van der Waals surface area contributed by atoms with Crippen molar-refractivity contribution in [3.63, 3.8) is 0 Å². The normalized spacial score (nSPS) is 10.9. The first-order chi connectivity index (χ1) is 5.35. The molecule has 5 heteroatoms. The second-order valence-corrected chi connectivity index (χ2v) is 3.35. The van der Waals surface area contributed by atoms with Gasteiger partial charge in [0.05, 0.1) is 5.60 Å². The number of carbonyl (C=O) groups excluding carboxylic acids is 2. The fourth-order valence-corrected chi connectivity index (χ4v) is 0.596. The highest BCUT2D eigenvalue weighted by Gasteiger charge is 2.16. The lowest BCUT2D eigenvalue weighted by Gasteiger charge is -2.25. The molecule has 0 spiro atoms. The molecule has 0 fully saturated rings. The summed E-state index contributed by atoms with van der Waals surface area (Å²) in [7, 11) is 0. The Balaban J connectivity index is 4.00. The average Bonchev–Trinajstić information content (AvgIpc) is 1.82. The summed E-state index contributed by atoms with van der Waals surface area (Å²) in [6.07, 6.45) is 0.427. The highest BCUT2D eigenvalue weighted by molar-refractivity contribution is 5.77. The van der Waals surface area contributed by atoms with Crippen LogP contribution in [-0.4, -0.2) is 29.5 Å². The van der Waals surface area contributed by atoms with Crippen LogP contribution >= 0.6 is 0 Å². The number of hydroxylamine groups is 2. The Bertz CT molecular complexity index is 174. The van der Waals surface area contributed by atoms with Gasteiger partial charge in [0.25, 0.3) is 0 Å². The minimum atomic E-state index is -0.605. The number of carbonyl (C=O) groups is 2. The van der Waals surface area contributed by atoms with E-state index in [1.54, 1.807) is 20.8 Å². The monoisotopic (exact) mass is 174 g/mol. The van der Waals surface area contributed by atoms with Gasteiger partial charge in [0, 0.05) is 0 Å². The number of hydrogen-bond donors (Lipinski definition) is 1. The lowest BCUT2D eigenvalue weighted by Crippen LogP contribution is -2.38. The van der Waals surface area contributed by atoms with Crippen molar-refractivity contribution >= 4 is 12.3 Å². The zero-order valence-corrected chi connectivity index (χ0v) is 7.53. The van der Waals surface area contributed by atoms with Crippen LogP contribution in [0.15, 0.2) is 0 Å².